The number of carbonyl (C=O) groups is 1. The SMILES string of the molecule is COC(=O)C1(O)CCC(C)CC1C. The molecule has 0 spiro atoms. The molecule has 1 aliphatic rings. The number of carbonyl (C=O) groups excluding carboxylic acids is 1. The molecule has 3 nitrogen and oxygen atoms in total. The van der Waals surface area contributed by atoms with Crippen LogP contribution in [0.1, 0.15) is 33.1 Å². The van der Waals surface area contributed by atoms with Crippen LogP contribution in [0, 0.1) is 11.8 Å². The van der Waals surface area contributed by atoms with Crippen LogP contribution in [0.3, 0.4) is 0 Å². The predicted octanol–water partition coefficient (Wildman–Crippen LogP) is 1.35. The third kappa shape index (κ3) is 1.85. The van der Waals surface area contributed by atoms with E-state index in [4.69, 9.17) is 0 Å². The molecule has 3 unspecified atom stereocenters. The number of rotatable bonds is 1. The lowest BCUT2D eigenvalue weighted by molar-refractivity contribution is -0.173. The lowest BCUT2D eigenvalue weighted by Gasteiger charge is -2.37. The van der Waals surface area contributed by atoms with Crippen molar-refractivity contribution in [1.82, 2.24) is 0 Å². The molecular formula is C10H18O3. The largest absolute Gasteiger partial charge is 0.467 e. The Labute approximate surface area is 79.1 Å². The molecule has 0 amide bonds. The van der Waals surface area contributed by atoms with E-state index in [1.165, 1.54) is 7.11 Å². The molecule has 0 aromatic rings. The molecule has 76 valence electrons. The minimum absolute atomic E-state index is 0.00343. The zero-order valence-corrected chi connectivity index (χ0v) is 8.54. The lowest BCUT2D eigenvalue weighted by atomic mass is 9.72. The standard InChI is InChI=1S/C10H18O3/c1-7-4-5-10(12,8(2)6-7)9(11)13-3/h7-8,12H,4-6H2,1-3H3. The maximum Gasteiger partial charge on any atom is 0.338 e. The molecule has 1 saturated carbocycles. The number of methoxy groups -OCH3 is 1. The van der Waals surface area contributed by atoms with Crippen molar-refractivity contribution < 1.29 is 14.6 Å². The Balaban J connectivity index is 2.73. The molecule has 0 aromatic heterocycles. The Hall–Kier alpha value is -0.570. The molecule has 3 atom stereocenters. The van der Waals surface area contributed by atoms with Crippen LogP contribution in [-0.4, -0.2) is 23.8 Å². The first-order chi connectivity index (χ1) is 6.00. The van der Waals surface area contributed by atoms with Gasteiger partial charge in [-0.3, -0.25) is 0 Å². The molecule has 1 aliphatic carbocycles. The van der Waals surface area contributed by atoms with Gasteiger partial charge in [-0.25, -0.2) is 4.79 Å². The monoisotopic (exact) mass is 186 g/mol. The first-order valence-electron chi connectivity index (χ1n) is 4.81. The van der Waals surface area contributed by atoms with E-state index >= 15 is 0 Å². The summed E-state index contributed by atoms with van der Waals surface area (Å²) in [6.07, 6.45) is 2.32. The fourth-order valence-electron chi connectivity index (χ4n) is 2.11. The fraction of sp³-hybridized carbons (Fsp3) is 0.900. The van der Waals surface area contributed by atoms with Gasteiger partial charge in [-0.2, -0.15) is 0 Å². The summed E-state index contributed by atoms with van der Waals surface area (Å²) in [6, 6.07) is 0. The van der Waals surface area contributed by atoms with Gasteiger partial charge in [0.05, 0.1) is 7.11 Å². The third-order valence-corrected chi connectivity index (χ3v) is 3.13. The average molecular weight is 186 g/mol. The summed E-state index contributed by atoms with van der Waals surface area (Å²) in [4.78, 5) is 11.3. The summed E-state index contributed by atoms with van der Waals surface area (Å²) in [5.41, 5.74) is -1.23. The second kappa shape index (κ2) is 3.66. The van der Waals surface area contributed by atoms with Crippen molar-refractivity contribution in [3.05, 3.63) is 0 Å². The van der Waals surface area contributed by atoms with Crippen LogP contribution in [0.4, 0.5) is 0 Å². The van der Waals surface area contributed by atoms with Gasteiger partial charge in [-0.15, -0.1) is 0 Å². The molecule has 13 heavy (non-hydrogen) atoms. The van der Waals surface area contributed by atoms with Crippen LogP contribution < -0.4 is 0 Å². The number of hydrogen-bond acceptors (Lipinski definition) is 3. The van der Waals surface area contributed by atoms with E-state index in [-0.39, 0.29) is 5.92 Å². The zero-order chi connectivity index (χ0) is 10.1. The maximum absolute atomic E-state index is 11.3. The second-order valence-electron chi connectivity index (χ2n) is 4.20. The summed E-state index contributed by atoms with van der Waals surface area (Å²) < 4.78 is 4.61. The Morgan fingerprint density at radius 3 is 2.62 bits per heavy atom. The normalized spacial score (nSPS) is 40.0. The van der Waals surface area contributed by atoms with Crippen LogP contribution in [0.25, 0.3) is 0 Å². The van der Waals surface area contributed by atoms with E-state index in [1.807, 2.05) is 6.92 Å². The minimum Gasteiger partial charge on any atom is -0.467 e. The van der Waals surface area contributed by atoms with Gasteiger partial charge < -0.3 is 9.84 Å². The van der Waals surface area contributed by atoms with Crippen molar-refractivity contribution in [3.8, 4) is 0 Å². The highest BCUT2D eigenvalue weighted by molar-refractivity contribution is 5.79. The lowest BCUT2D eigenvalue weighted by Crippen LogP contribution is -2.48. The first kappa shape index (κ1) is 10.5. The molecule has 1 N–H and O–H groups in total. The second-order valence-corrected chi connectivity index (χ2v) is 4.20. The molecule has 3 heteroatoms. The summed E-state index contributed by atoms with van der Waals surface area (Å²) in [6.45, 7) is 4.06. The summed E-state index contributed by atoms with van der Waals surface area (Å²) >= 11 is 0. The number of hydrogen-bond donors (Lipinski definition) is 1. The van der Waals surface area contributed by atoms with Crippen LogP contribution in [0.5, 0.6) is 0 Å². The van der Waals surface area contributed by atoms with Crippen LogP contribution >= 0.6 is 0 Å². The Bertz CT molecular complexity index is 202. The quantitative estimate of drug-likeness (QED) is 0.629. The minimum atomic E-state index is -1.23. The summed E-state index contributed by atoms with van der Waals surface area (Å²) in [5.74, 6) is 0.121. The Morgan fingerprint density at radius 1 is 1.54 bits per heavy atom. The van der Waals surface area contributed by atoms with Crippen LogP contribution in [0.2, 0.25) is 0 Å². The number of aliphatic hydroxyl groups is 1. The van der Waals surface area contributed by atoms with Crippen molar-refractivity contribution in [2.75, 3.05) is 7.11 Å². The number of esters is 1. The van der Waals surface area contributed by atoms with Crippen molar-refractivity contribution in [2.45, 2.75) is 38.7 Å². The van der Waals surface area contributed by atoms with Crippen molar-refractivity contribution in [3.63, 3.8) is 0 Å². The van der Waals surface area contributed by atoms with Crippen molar-refractivity contribution in [1.29, 1.82) is 0 Å². The molecule has 0 saturated heterocycles. The third-order valence-electron chi connectivity index (χ3n) is 3.13. The number of ether oxygens (including phenoxy) is 1. The van der Waals surface area contributed by atoms with Gasteiger partial charge in [-0.05, 0) is 31.1 Å². The zero-order valence-electron chi connectivity index (χ0n) is 8.54. The van der Waals surface area contributed by atoms with Crippen molar-refractivity contribution in [2.24, 2.45) is 11.8 Å². The first-order valence-corrected chi connectivity index (χ1v) is 4.81. The highest BCUT2D eigenvalue weighted by Gasteiger charge is 2.45. The fourth-order valence-corrected chi connectivity index (χ4v) is 2.11. The van der Waals surface area contributed by atoms with Gasteiger partial charge in [0.2, 0.25) is 0 Å². The molecule has 0 aromatic carbocycles. The van der Waals surface area contributed by atoms with Crippen molar-refractivity contribution >= 4 is 5.97 Å². The smallest absolute Gasteiger partial charge is 0.338 e. The van der Waals surface area contributed by atoms with Gasteiger partial charge in [0.15, 0.2) is 5.60 Å². The van der Waals surface area contributed by atoms with Gasteiger partial charge in [-0.1, -0.05) is 13.8 Å². The molecule has 1 fully saturated rings. The van der Waals surface area contributed by atoms with E-state index in [0.29, 0.717) is 12.3 Å². The summed E-state index contributed by atoms with van der Waals surface area (Å²) in [7, 11) is 1.32. The van der Waals surface area contributed by atoms with E-state index in [0.717, 1.165) is 12.8 Å². The molecule has 0 radical (unpaired) electrons. The molecule has 0 bridgehead atoms. The molecular weight excluding hydrogens is 168 g/mol. The van der Waals surface area contributed by atoms with Gasteiger partial charge in [0.1, 0.15) is 0 Å². The summed E-state index contributed by atoms with van der Waals surface area (Å²) in [5, 5.41) is 10.1. The van der Waals surface area contributed by atoms with Crippen LogP contribution in [-0.2, 0) is 9.53 Å². The average Bonchev–Trinajstić information content (AvgIpc) is 2.11. The Morgan fingerprint density at radius 2 is 2.15 bits per heavy atom. The van der Waals surface area contributed by atoms with Gasteiger partial charge in [0.25, 0.3) is 0 Å². The molecule has 1 rings (SSSR count). The van der Waals surface area contributed by atoms with Gasteiger partial charge in [0, 0.05) is 0 Å². The van der Waals surface area contributed by atoms with Crippen LogP contribution in [0.15, 0.2) is 0 Å². The molecule has 0 aliphatic heterocycles. The van der Waals surface area contributed by atoms with E-state index < -0.39 is 11.6 Å². The highest BCUT2D eigenvalue weighted by atomic mass is 16.5. The van der Waals surface area contributed by atoms with Gasteiger partial charge >= 0.3 is 5.97 Å². The van der Waals surface area contributed by atoms with E-state index in [2.05, 4.69) is 11.7 Å². The Kier molecular flexibility index (Phi) is 2.96. The maximum atomic E-state index is 11.3. The highest BCUT2D eigenvalue weighted by Crippen LogP contribution is 2.37. The van der Waals surface area contributed by atoms with E-state index in [1.54, 1.807) is 0 Å². The van der Waals surface area contributed by atoms with E-state index in [9.17, 15) is 9.90 Å². The topological polar surface area (TPSA) is 46.5 Å². The molecule has 0 heterocycles. The predicted molar refractivity (Wildman–Crippen MR) is 49.1 cm³/mol.